The second-order valence-electron chi connectivity index (χ2n) is 10.6. The number of carboxylic acid groups (broad SMARTS) is 2. The smallest absolute Gasteiger partial charge is 0.335 e. The lowest BCUT2D eigenvalue weighted by molar-refractivity contribution is 0.0686. The van der Waals surface area contributed by atoms with Crippen LogP contribution in [0.15, 0.2) is 133 Å². The molecule has 6 aromatic carbocycles. The SMILES string of the molecule is O=C(O)c1ccc(-c2ccc(-c3ccc4[nH]c5ccc(-c6ccc(-c7ccc(C(=O)O)cc7)cc6)cc5c4c3)cc2)cc1. The van der Waals surface area contributed by atoms with E-state index in [1.807, 2.05) is 24.3 Å². The molecule has 43 heavy (non-hydrogen) atoms. The molecule has 0 atom stereocenters. The maximum atomic E-state index is 11.2. The van der Waals surface area contributed by atoms with Gasteiger partial charge < -0.3 is 15.2 Å². The maximum Gasteiger partial charge on any atom is 0.335 e. The summed E-state index contributed by atoms with van der Waals surface area (Å²) in [5, 5.41) is 20.6. The van der Waals surface area contributed by atoms with Crippen molar-refractivity contribution in [2.24, 2.45) is 0 Å². The third-order valence-electron chi connectivity index (χ3n) is 7.97. The van der Waals surface area contributed by atoms with E-state index in [0.29, 0.717) is 0 Å². The molecule has 0 amide bonds. The maximum absolute atomic E-state index is 11.2. The van der Waals surface area contributed by atoms with Crippen molar-refractivity contribution >= 4 is 33.7 Å². The first-order valence-corrected chi connectivity index (χ1v) is 13.9. The highest BCUT2D eigenvalue weighted by atomic mass is 16.4. The van der Waals surface area contributed by atoms with Crippen LogP contribution in [-0.4, -0.2) is 27.1 Å². The molecule has 7 rings (SSSR count). The van der Waals surface area contributed by atoms with Crippen molar-refractivity contribution < 1.29 is 19.8 Å². The summed E-state index contributed by atoms with van der Waals surface area (Å²) in [6, 6.07) is 43.4. The lowest BCUT2D eigenvalue weighted by Gasteiger charge is -2.07. The molecule has 0 fully saturated rings. The standard InChI is InChI=1S/C38H25NO4/c40-37(41)29-13-9-25(10-14-29)23-1-5-27(6-2-23)31-17-19-35-33(21-31)34-22-32(18-20-36(34)39-35)28-7-3-24(4-8-28)26-11-15-30(16-12-26)38(42)43/h1-22,39H,(H,40,41)(H,42,43). The van der Waals surface area contributed by atoms with Crippen molar-refractivity contribution in [2.75, 3.05) is 0 Å². The molecule has 206 valence electrons. The topological polar surface area (TPSA) is 90.4 Å². The minimum atomic E-state index is -0.929. The van der Waals surface area contributed by atoms with Crippen molar-refractivity contribution in [1.29, 1.82) is 0 Å². The number of fused-ring (bicyclic) bond motifs is 3. The van der Waals surface area contributed by atoms with Gasteiger partial charge >= 0.3 is 11.9 Å². The van der Waals surface area contributed by atoms with Crippen molar-refractivity contribution in [2.45, 2.75) is 0 Å². The van der Waals surface area contributed by atoms with E-state index < -0.39 is 11.9 Å². The van der Waals surface area contributed by atoms with E-state index >= 15 is 0 Å². The summed E-state index contributed by atoms with van der Waals surface area (Å²) < 4.78 is 0. The van der Waals surface area contributed by atoms with E-state index in [1.165, 1.54) is 0 Å². The third kappa shape index (κ3) is 4.94. The lowest BCUT2D eigenvalue weighted by Crippen LogP contribution is -1.94. The zero-order valence-electron chi connectivity index (χ0n) is 22.9. The Kier molecular flexibility index (Phi) is 6.33. The Morgan fingerprint density at radius 1 is 0.372 bits per heavy atom. The Bertz CT molecular complexity index is 1980. The zero-order valence-corrected chi connectivity index (χ0v) is 22.9. The zero-order chi connectivity index (χ0) is 29.5. The van der Waals surface area contributed by atoms with Crippen molar-refractivity contribution in [3.63, 3.8) is 0 Å². The Labute approximate surface area is 247 Å². The number of aromatic carboxylic acids is 2. The highest BCUT2D eigenvalue weighted by Gasteiger charge is 2.10. The van der Waals surface area contributed by atoms with E-state index in [0.717, 1.165) is 66.3 Å². The van der Waals surface area contributed by atoms with Gasteiger partial charge in [0, 0.05) is 21.8 Å². The minimum Gasteiger partial charge on any atom is -0.478 e. The van der Waals surface area contributed by atoms with Crippen LogP contribution in [0.25, 0.3) is 66.3 Å². The van der Waals surface area contributed by atoms with Crippen LogP contribution in [0.3, 0.4) is 0 Å². The van der Waals surface area contributed by atoms with Gasteiger partial charge in [0.15, 0.2) is 0 Å². The van der Waals surface area contributed by atoms with Crippen LogP contribution >= 0.6 is 0 Å². The van der Waals surface area contributed by atoms with E-state index in [9.17, 15) is 9.59 Å². The fourth-order valence-corrected chi connectivity index (χ4v) is 5.58. The molecular weight excluding hydrogens is 534 g/mol. The number of hydrogen-bond acceptors (Lipinski definition) is 2. The van der Waals surface area contributed by atoms with Gasteiger partial charge in [0.25, 0.3) is 0 Å². The Hall–Kier alpha value is -5.94. The number of carbonyl (C=O) groups is 2. The molecule has 0 saturated heterocycles. The third-order valence-corrected chi connectivity index (χ3v) is 7.97. The van der Waals surface area contributed by atoms with Gasteiger partial charge in [0.05, 0.1) is 11.1 Å². The molecule has 0 unspecified atom stereocenters. The van der Waals surface area contributed by atoms with Gasteiger partial charge in [-0.3, -0.25) is 0 Å². The lowest BCUT2D eigenvalue weighted by atomic mass is 9.97. The summed E-state index contributed by atoms with van der Waals surface area (Å²) in [7, 11) is 0. The number of rotatable bonds is 6. The van der Waals surface area contributed by atoms with Gasteiger partial charge in [-0.15, -0.1) is 0 Å². The Balaban J connectivity index is 1.18. The van der Waals surface area contributed by atoms with E-state index in [4.69, 9.17) is 10.2 Å². The molecule has 0 aliphatic heterocycles. The molecule has 0 radical (unpaired) electrons. The van der Waals surface area contributed by atoms with Gasteiger partial charge in [-0.05, 0) is 93.0 Å². The number of nitrogens with one attached hydrogen (secondary N) is 1. The summed E-state index contributed by atoms with van der Waals surface area (Å²) in [6.45, 7) is 0. The van der Waals surface area contributed by atoms with Crippen LogP contribution in [0, 0.1) is 0 Å². The first kappa shape index (κ1) is 26.0. The number of hydrogen-bond donors (Lipinski definition) is 3. The average molecular weight is 560 g/mol. The monoisotopic (exact) mass is 559 g/mol. The fraction of sp³-hybridized carbons (Fsp3) is 0. The molecule has 5 nitrogen and oxygen atoms in total. The van der Waals surface area contributed by atoms with E-state index in [-0.39, 0.29) is 11.1 Å². The average Bonchev–Trinajstić information content (AvgIpc) is 3.42. The molecule has 5 heteroatoms. The molecule has 0 saturated carbocycles. The highest BCUT2D eigenvalue weighted by molar-refractivity contribution is 6.09. The van der Waals surface area contributed by atoms with Gasteiger partial charge in [-0.1, -0.05) is 84.9 Å². The van der Waals surface area contributed by atoms with Gasteiger partial charge in [0.2, 0.25) is 0 Å². The van der Waals surface area contributed by atoms with Crippen molar-refractivity contribution in [1.82, 2.24) is 4.98 Å². The predicted molar refractivity (Wildman–Crippen MR) is 171 cm³/mol. The number of aromatic amines is 1. The van der Waals surface area contributed by atoms with E-state index in [1.54, 1.807) is 24.3 Å². The molecule has 0 spiro atoms. The number of carboxylic acids is 2. The number of H-pyrrole nitrogens is 1. The van der Waals surface area contributed by atoms with Gasteiger partial charge in [0.1, 0.15) is 0 Å². The molecular formula is C38H25NO4. The Morgan fingerprint density at radius 2 is 0.628 bits per heavy atom. The molecule has 1 aromatic heterocycles. The first-order chi connectivity index (χ1) is 20.9. The Morgan fingerprint density at radius 3 is 0.930 bits per heavy atom. The second kappa shape index (κ2) is 10.5. The van der Waals surface area contributed by atoms with Crippen LogP contribution in [0.2, 0.25) is 0 Å². The first-order valence-electron chi connectivity index (χ1n) is 13.9. The summed E-state index contributed by atoms with van der Waals surface area (Å²) >= 11 is 0. The van der Waals surface area contributed by atoms with Crippen LogP contribution in [0.5, 0.6) is 0 Å². The summed E-state index contributed by atoms with van der Waals surface area (Å²) in [5.41, 5.74) is 11.1. The largest absolute Gasteiger partial charge is 0.478 e. The van der Waals surface area contributed by atoms with Crippen LogP contribution in [0.4, 0.5) is 0 Å². The number of aromatic nitrogens is 1. The summed E-state index contributed by atoms with van der Waals surface area (Å²) in [4.78, 5) is 25.9. The molecule has 0 bridgehead atoms. The van der Waals surface area contributed by atoms with Crippen molar-refractivity contribution in [3.8, 4) is 44.5 Å². The second-order valence-corrected chi connectivity index (χ2v) is 10.6. The van der Waals surface area contributed by atoms with Gasteiger partial charge in [-0.25, -0.2) is 9.59 Å². The van der Waals surface area contributed by atoms with Crippen LogP contribution < -0.4 is 0 Å². The van der Waals surface area contributed by atoms with E-state index in [2.05, 4.69) is 89.9 Å². The molecule has 3 N–H and O–H groups in total. The predicted octanol–water partition coefficient (Wildman–Crippen LogP) is 9.39. The molecule has 0 aliphatic carbocycles. The summed E-state index contributed by atoms with van der Waals surface area (Å²) in [6.07, 6.45) is 0. The normalized spacial score (nSPS) is 11.2. The quantitative estimate of drug-likeness (QED) is 0.189. The molecule has 0 aliphatic rings. The molecule has 7 aromatic rings. The van der Waals surface area contributed by atoms with Crippen LogP contribution in [-0.2, 0) is 0 Å². The molecule has 1 heterocycles. The summed E-state index contributed by atoms with van der Waals surface area (Å²) in [5.74, 6) is -1.86. The highest BCUT2D eigenvalue weighted by Crippen LogP contribution is 2.34. The van der Waals surface area contributed by atoms with Gasteiger partial charge in [-0.2, -0.15) is 0 Å². The van der Waals surface area contributed by atoms with Crippen LogP contribution in [0.1, 0.15) is 20.7 Å². The van der Waals surface area contributed by atoms with Crippen molar-refractivity contribution in [3.05, 3.63) is 145 Å². The fourth-order valence-electron chi connectivity index (χ4n) is 5.58. The number of benzene rings is 6. The minimum absolute atomic E-state index is 0.275.